The molecule has 2 heterocycles. The predicted molar refractivity (Wildman–Crippen MR) is 141 cm³/mol. The maximum absolute atomic E-state index is 13.0. The fourth-order valence-electron chi connectivity index (χ4n) is 4.71. The molecule has 1 aliphatic rings. The zero-order valence-electron chi connectivity index (χ0n) is 20.6. The van der Waals surface area contributed by atoms with Gasteiger partial charge in [0.25, 0.3) is 11.6 Å². The van der Waals surface area contributed by atoms with Crippen molar-refractivity contribution >= 4 is 34.1 Å². The Hall–Kier alpha value is -4.20. The number of aromatic nitrogens is 1. The second kappa shape index (κ2) is 9.45. The van der Waals surface area contributed by atoms with E-state index in [4.69, 9.17) is 4.42 Å². The van der Waals surface area contributed by atoms with Crippen LogP contribution in [-0.2, 0) is 0 Å². The van der Waals surface area contributed by atoms with Crippen molar-refractivity contribution in [3.8, 4) is 11.5 Å². The lowest BCUT2D eigenvalue weighted by molar-refractivity contribution is -0.384. The normalized spacial score (nSPS) is 14.2. The van der Waals surface area contributed by atoms with Gasteiger partial charge >= 0.3 is 0 Å². The van der Waals surface area contributed by atoms with E-state index in [1.807, 2.05) is 30.9 Å². The molecule has 0 atom stereocenters. The van der Waals surface area contributed by atoms with Gasteiger partial charge in [0, 0.05) is 36.0 Å². The number of rotatable bonds is 5. The van der Waals surface area contributed by atoms with E-state index in [2.05, 4.69) is 23.3 Å². The molecule has 1 fully saturated rings. The number of oxazole rings is 1. The molecule has 8 nitrogen and oxygen atoms in total. The molecule has 184 valence electrons. The molecule has 0 spiro atoms. The van der Waals surface area contributed by atoms with Crippen molar-refractivity contribution in [1.29, 1.82) is 0 Å². The molecule has 1 N–H and O–H groups in total. The standard InChI is InChI=1S/C28H28N4O4/c1-17-10-12-31(13-11-17)24-8-5-20(15-25(24)32(34)35)27(33)29-21-6-9-26-23(16-21)30-28(36-26)22-7-4-18(2)14-19(22)3/h4-9,14-17H,10-13H2,1-3H3,(H,29,33). The maximum Gasteiger partial charge on any atom is 0.293 e. The lowest BCUT2D eigenvalue weighted by atomic mass is 9.98. The first-order chi connectivity index (χ1) is 17.3. The number of nitrogens with zero attached hydrogens (tertiary/aromatic N) is 3. The molecule has 3 aromatic carbocycles. The Morgan fingerprint density at radius 2 is 1.86 bits per heavy atom. The molecule has 0 radical (unpaired) electrons. The first-order valence-electron chi connectivity index (χ1n) is 12.1. The molecule has 4 aromatic rings. The molecule has 0 bridgehead atoms. The first kappa shape index (κ1) is 23.5. The number of fused-ring (bicyclic) bond motifs is 1. The lowest BCUT2D eigenvalue weighted by Crippen LogP contribution is -2.33. The first-order valence-corrected chi connectivity index (χ1v) is 12.1. The maximum atomic E-state index is 13.0. The summed E-state index contributed by atoms with van der Waals surface area (Å²) in [5, 5.41) is 14.6. The highest BCUT2D eigenvalue weighted by molar-refractivity contribution is 6.05. The topological polar surface area (TPSA) is 102 Å². The number of carbonyl (C=O) groups is 1. The van der Waals surface area contributed by atoms with Crippen molar-refractivity contribution in [3.05, 3.63) is 81.4 Å². The van der Waals surface area contributed by atoms with Gasteiger partial charge in [-0.3, -0.25) is 14.9 Å². The number of amides is 1. The summed E-state index contributed by atoms with van der Waals surface area (Å²) in [6.07, 6.45) is 1.99. The van der Waals surface area contributed by atoms with Gasteiger partial charge < -0.3 is 14.6 Å². The summed E-state index contributed by atoms with van der Waals surface area (Å²) < 4.78 is 5.94. The van der Waals surface area contributed by atoms with Gasteiger partial charge in [-0.05, 0) is 74.6 Å². The van der Waals surface area contributed by atoms with Gasteiger partial charge in [-0.15, -0.1) is 0 Å². The van der Waals surface area contributed by atoms with Gasteiger partial charge in [0.15, 0.2) is 5.58 Å². The highest BCUT2D eigenvalue weighted by Crippen LogP contribution is 2.33. The van der Waals surface area contributed by atoms with E-state index in [0.29, 0.717) is 34.3 Å². The number of nitro benzene ring substituents is 1. The number of nitro groups is 1. The Morgan fingerprint density at radius 1 is 1.08 bits per heavy atom. The van der Waals surface area contributed by atoms with E-state index >= 15 is 0 Å². The Kier molecular flexibility index (Phi) is 6.18. The third-order valence-corrected chi connectivity index (χ3v) is 6.82. The van der Waals surface area contributed by atoms with Crippen LogP contribution in [0.25, 0.3) is 22.6 Å². The number of hydrogen-bond donors (Lipinski definition) is 1. The van der Waals surface area contributed by atoms with E-state index in [0.717, 1.165) is 42.6 Å². The third kappa shape index (κ3) is 4.66. The molecule has 0 unspecified atom stereocenters. The van der Waals surface area contributed by atoms with Gasteiger partial charge in [0.1, 0.15) is 11.2 Å². The third-order valence-electron chi connectivity index (χ3n) is 6.82. The molecule has 1 amide bonds. The summed E-state index contributed by atoms with van der Waals surface area (Å²) >= 11 is 0. The fraction of sp³-hybridized carbons (Fsp3) is 0.286. The predicted octanol–water partition coefficient (Wildman–Crippen LogP) is 6.51. The van der Waals surface area contributed by atoms with Crippen LogP contribution in [0.15, 0.2) is 59.0 Å². The number of benzene rings is 3. The van der Waals surface area contributed by atoms with E-state index in [-0.39, 0.29) is 11.3 Å². The number of anilines is 2. The lowest BCUT2D eigenvalue weighted by Gasteiger charge is -2.31. The smallest absolute Gasteiger partial charge is 0.293 e. The number of piperidine rings is 1. The van der Waals surface area contributed by atoms with Crippen LogP contribution >= 0.6 is 0 Å². The summed E-state index contributed by atoms with van der Waals surface area (Å²) in [6.45, 7) is 7.79. The van der Waals surface area contributed by atoms with Crippen LogP contribution in [0.4, 0.5) is 17.1 Å². The average Bonchev–Trinajstić information content (AvgIpc) is 3.27. The molecule has 0 aliphatic carbocycles. The largest absolute Gasteiger partial charge is 0.436 e. The molecule has 5 rings (SSSR count). The van der Waals surface area contributed by atoms with Gasteiger partial charge in [-0.25, -0.2) is 4.98 Å². The van der Waals surface area contributed by atoms with Crippen LogP contribution in [0.3, 0.4) is 0 Å². The van der Waals surface area contributed by atoms with Crippen LogP contribution in [0.1, 0.15) is 41.3 Å². The molecular weight excluding hydrogens is 456 g/mol. The summed E-state index contributed by atoms with van der Waals surface area (Å²) in [5.41, 5.74) is 5.64. The summed E-state index contributed by atoms with van der Waals surface area (Å²) in [7, 11) is 0. The summed E-state index contributed by atoms with van der Waals surface area (Å²) in [4.78, 5) is 31.0. The average molecular weight is 485 g/mol. The second-order valence-corrected chi connectivity index (χ2v) is 9.60. The fourth-order valence-corrected chi connectivity index (χ4v) is 4.71. The van der Waals surface area contributed by atoms with Crippen molar-refractivity contribution in [2.45, 2.75) is 33.6 Å². The molecular formula is C28H28N4O4. The van der Waals surface area contributed by atoms with E-state index in [9.17, 15) is 14.9 Å². The van der Waals surface area contributed by atoms with Crippen molar-refractivity contribution in [1.82, 2.24) is 4.98 Å². The van der Waals surface area contributed by atoms with Gasteiger partial charge in [-0.2, -0.15) is 0 Å². The minimum atomic E-state index is -0.422. The van der Waals surface area contributed by atoms with Crippen LogP contribution in [0, 0.1) is 29.9 Å². The van der Waals surface area contributed by atoms with Gasteiger partial charge in [0.2, 0.25) is 5.89 Å². The van der Waals surface area contributed by atoms with Crippen molar-refractivity contribution in [2.24, 2.45) is 5.92 Å². The number of aryl methyl sites for hydroxylation is 2. The summed E-state index contributed by atoms with van der Waals surface area (Å²) in [5.74, 6) is 0.711. The zero-order valence-corrected chi connectivity index (χ0v) is 20.6. The quantitative estimate of drug-likeness (QED) is 0.256. The Labute approximate surface area is 209 Å². The van der Waals surface area contributed by atoms with Crippen LogP contribution in [-0.4, -0.2) is 28.9 Å². The van der Waals surface area contributed by atoms with Crippen molar-refractivity contribution < 1.29 is 14.1 Å². The molecule has 0 saturated carbocycles. The molecule has 1 saturated heterocycles. The second-order valence-electron chi connectivity index (χ2n) is 9.60. The minimum absolute atomic E-state index is 0.0535. The highest BCUT2D eigenvalue weighted by atomic mass is 16.6. The Balaban J connectivity index is 1.38. The zero-order chi connectivity index (χ0) is 25.4. The molecule has 1 aromatic heterocycles. The molecule has 36 heavy (non-hydrogen) atoms. The van der Waals surface area contributed by atoms with E-state index in [1.165, 1.54) is 6.07 Å². The Bertz CT molecular complexity index is 1470. The van der Waals surface area contributed by atoms with Crippen LogP contribution in [0.5, 0.6) is 0 Å². The van der Waals surface area contributed by atoms with Crippen molar-refractivity contribution in [3.63, 3.8) is 0 Å². The van der Waals surface area contributed by atoms with Gasteiger partial charge in [-0.1, -0.05) is 24.6 Å². The molecule has 8 heteroatoms. The van der Waals surface area contributed by atoms with Crippen LogP contribution < -0.4 is 10.2 Å². The van der Waals surface area contributed by atoms with Crippen molar-refractivity contribution in [2.75, 3.05) is 23.3 Å². The SMILES string of the molecule is Cc1ccc(-c2nc3cc(NC(=O)c4ccc(N5CCC(C)CC5)c([N+](=O)[O-])c4)ccc3o2)c(C)c1. The molecule has 1 aliphatic heterocycles. The monoisotopic (exact) mass is 484 g/mol. The number of nitrogens with one attached hydrogen (secondary N) is 1. The van der Waals surface area contributed by atoms with E-state index in [1.54, 1.807) is 30.3 Å². The van der Waals surface area contributed by atoms with Crippen LogP contribution in [0.2, 0.25) is 0 Å². The minimum Gasteiger partial charge on any atom is -0.436 e. The highest BCUT2D eigenvalue weighted by Gasteiger charge is 2.25. The van der Waals surface area contributed by atoms with E-state index < -0.39 is 10.8 Å². The van der Waals surface area contributed by atoms with Gasteiger partial charge in [0.05, 0.1) is 4.92 Å². The Morgan fingerprint density at radius 3 is 2.58 bits per heavy atom. The number of carbonyl (C=O) groups excluding carboxylic acids is 1. The number of hydrogen-bond acceptors (Lipinski definition) is 6. The summed E-state index contributed by atoms with van der Waals surface area (Å²) in [6, 6.07) is 16.0.